The van der Waals surface area contributed by atoms with Crippen molar-refractivity contribution in [1.82, 2.24) is 15.4 Å². The lowest BCUT2D eigenvalue weighted by molar-refractivity contribution is 0.0884. The summed E-state index contributed by atoms with van der Waals surface area (Å²) >= 11 is 0. The number of ether oxygens (including phenoxy) is 1. The van der Waals surface area contributed by atoms with Crippen LogP contribution in [0.2, 0.25) is 0 Å². The number of likely N-dealkylation sites (N-methyl/N-ethyl adjacent to an activating group) is 1. The van der Waals surface area contributed by atoms with E-state index in [1.54, 1.807) is 0 Å². The first-order valence-electron chi connectivity index (χ1n) is 5.04. The van der Waals surface area contributed by atoms with Crippen LogP contribution in [0.3, 0.4) is 0 Å². The summed E-state index contributed by atoms with van der Waals surface area (Å²) in [5.74, 6) is 0.777. The molecule has 0 saturated carbocycles. The first kappa shape index (κ1) is 12.2. The fourth-order valence-corrected chi connectivity index (χ4v) is 1.11. The molecule has 15 heavy (non-hydrogen) atoms. The summed E-state index contributed by atoms with van der Waals surface area (Å²) in [7, 11) is 5.91. The van der Waals surface area contributed by atoms with E-state index in [0.717, 1.165) is 24.5 Å². The molecule has 86 valence electrons. The van der Waals surface area contributed by atoms with Gasteiger partial charge in [0.05, 0.1) is 12.3 Å². The number of nitrogens with one attached hydrogen (secondary N) is 1. The molecule has 0 aliphatic heterocycles. The van der Waals surface area contributed by atoms with Crippen LogP contribution in [-0.2, 0) is 17.9 Å². The van der Waals surface area contributed by atoms with Crippen LogP contribution in [0.15, 0.2) is 10.6 Å². The molecule has 0 radical (unpaired) electrons. The van der Waals surface area contributed by atoms with Crippen molar-refractivity contribution < 1.29 is 9.26 Å². The monoisotopic (exact) mass is 213 g/mol. The van der Waals surface area contributed by atoms with E-state index in [1.165, 1.54) is 0 Å². The lowest BCUT2D eigenvalue weighted by atomic mass is 10.4. The predicted octanol–water partition coefficient (Wildman–Crippen LogP) is 0.472. The van der Waals surface area contributed by atoms with Gasteiger partial charge < -0.3 is 19.5 Å². The highest BCUT2D eigenvalue weighted by molar-refractivity contribution is 5.03. The van der Waals surface area contributed by atoms with E-state index in [1.807, 2.05) is 27.2 Å². The van der Waals surface area contributed by atoms with E-state index in [0.29, 0.717) is 13.2 Å². The molecule has 5 heteroatoms. The lowest BCUT2D eigenvalue weighted by Gasteiger charge is -2.08. The molecule has 1 heterocycles. The summed E-state index contributed by atoms with van der Waals surface area (Å²) in [6, 6.07) is 1.91. The maximum atomic E-state index is 5.43. The van der Waals surface area contributed by atoms with Gasteiger partial charge in [0, 0.05) is 19.2 Å². The molecule has 5 nitrogen and oxygen atoms in total. The molecular formula is C10H19N3O2. The average Bonchev–Trinajstić information content (AvgIpc) is 2.61. The highest BCUT2D eigenvalue weighted by atomic mass is 16.5. The van der Waals surface area contributed by atoms with Gasteiger partial charge >= 0.3 is 0 Å². The molecule has 0 bridgehead atoms. The molecule has 0 fully saturated rings. The van der Waals surface area contributed by atoms with Gasteiger partial charge in [-0.1, -0.05) is 5.16 Å². The third kappa shape index (κ3) is 4.92. The molecule has 1 N–H and O–H groups in total. The standard InChI is InChI=1S/C10H19N3O2/c1-11-7-9-6-10(15-12-9)8-14-5-4-13(2)3/h6,11H,4-5,7-8H2,1-3H3. The van der Waals surface area contributed by atoms with Crippen LogP contribution in [0.1, 0.15) is 11.5 Å². The van der Waals surface area contributed by atoms with Crippen molar-refractivity contribution in [3.8, 4) is 0 Å². The minimum atomic E-state index is 0.491. The van der Waals surface area contributed by atoms with E-state index in [-0.39, 0.29) is 0 Å². The van der Waals surface area contributed by atoms with E-state index in [2.05, 4.69) is 15.4 Å². The third-order valence-corrected chi connectivity index (χ3v) is 1.89. The molecular weight excluding hydrogens is 194 g/mol. The smallest absolute Gasteiger partial charge is 0.162 e. The molecule has 1 rings (SSSR count). The molecule has 0 spiro atoms. The number of rotatable bonds is 7. The summed E-state index contributed by atoms with van der Waals surface area (Å²) in [6.07, 6.45) is 0. The van der Waals surface area contributed by atoms with Crippen molar-refractivity contribution in [2.45, 2.75) is 13.2 Å². The molecule has 0 aromatic carbocycles. The maximum absolute atomic E-state index is 5.43. The highest BCUT2D eigenvalue weighted by Crippen LogP contribution is 2.04. The molecule has 0 atom stereocenters. The largest absolute Gasteiger partial charge is 0.372 e. The second kappa shape index (κ2) is 6.55. The Hall–Kier alpha value is -0.910. The Morgan fingerprint density at radius 1 is 1.53 bits per heavy atom. The number of aromatic nitrogens is 1. The fourth-order valence-electron chi connectivity index (χ4n) is 1.11. The zero-order chi connectivity index (χ0) is 11.1. The summed E-state index contributed by atoms with van der Waals surface area (Å²) < 4.78 is 10.5. The van der Waals surface area contributed by atoms with Gasteiger partial charge in [-0.3, -0.25) is 0 Å². The Labute approximate surface area is 90.4 Å². The molecule has 0 aliphatic carbocycles. The highest BCUT2D eigenvalue weighted by Gasteiger charge is 2.03. The Morgan fingerprint density at radius 3 is 3.00 bits per heavy atom. The SMILES string of the molecule is CNCc1cc(COCCN(C)C)on1. The van der Waals surface area contributed by atoms with Crippen LogP contribution in [0.5, 0.6) is 0 Å². The normalized spacial score (nSPS) is 11.2. The first-order valence-corrected chi connectivity index (χ1v) is 5.04. The van der Waals surface area contributed by atoms with E-state index >= 15 is 0 Å². The maximum Gasteiger partial charge on any atom is 0.162 e. The van der Waals surface area contributed by atoms with Crippen LogP contribution < -0.4 is 5.32 Å². The Kier molecular flexibility index (Phi) is 5.31. The van der Waals surface area contributed by atoms with E-state index in [4.69, 9.17) is 9.26 Å². The van der Waals surface area contributed by atoms with E-state index in [9.17, 15) is 0 Å². The van der Waals surface area contributed by atoms with Crippen molar-refractivity contribution in [2.24, 2.45) is 0 Å². The third-order valence-electron chi connectivity index (χ3n) is 1.89. The van der Waals surface area contributed by atoms with E-state index < -0.39 is 0 Å². The van der Waals surface area contributed by atoms with Gasteiger partial charge in [0.25, 0.3) is 0 Å². The van der Waals surface area contributed by atoms with Gasteiger partial charge in [0.2, 0.25) is 0 Å². The van der Waals surface area contributed by atoms with Crippen LogP contribution >= 0.6 is 0 Å². The fraction of sp³-hybridized carbons (Fsp3) is 0.700. The molecule has 1 aromatic heterocycles. The van der Waals surface area contributed by atoms with Gasteiger partial charge in [-0.25, -0.2) is 0 Å². The number of hydrogen-bond acceptors (Lipinski definition) is 5. The molecule has 1 aromatic rings. The van der Waals surface area contributed by atoms with Crippen LogP contribution in [0, 0.1) is 0 Å². The Morgan fingerprint density at radius 2 is 2.33 bits per heavy atom. The second-order valence-electron chi connectivity index (χ2n) is 3.67. The Balaban J connectivity index is 2.19. The minimum absolute atomic E-state index is 0.491. The average molecular weight is 213 g/mol. The summed E-state index contributed by atoms with van der Waals surface area (Å²) in [5, 5.41) is 6.90. The number of hydrogen-bond donors (Lipinski definition) is 1. The van der Waals surface area contributed by atoms with Crippen LogP contribution in [0.4, 0.5) is 0 Å². The minimum Gasteiger partial charge on any atom is -0.372 e. The zero-order valence-electron chi connectivity index (χ0n) is 9.62. The molecule has 0 saturated heterocycles. The summed E-state index contributed by atoms with van der Waals surface area (Å²) in [5.41, 5.74) is 0.906. The molecule has 0 unspecified atom stereocenters. The van der Waals surface area contributed by atoms with Crippen LogP contribution in [0.25, 0.3) is 0 Å². The molecule has 0 aliphatic rings. The van der Waals surface area contributed by atoms with Gasteiger partial charge in [0.15, 0.2) is 5.76 Å². The zero-order valence-corrected chi connectivity index (χ0v) is 9.62. The van der Waals surface area contributed by atoms with Crippen LogP contribution in [-0.4, -0.2) is 44.4 Å². The quantitative estimate of drug-likeness (QED) is 0.667. The van der Waals surface area contributed by atoms with Crippen molar-refractivity contribution in [3.05, 3.63) is 17.5 Å². The topological polar surface area (TPSA) is 50.5 Å². The van der Waals surface area contributed by atoms with Gasteiger partial charge in [-0.15, -0.1) is 0 Å². The van der Waals surface area contributed by atoms with Gasteiger partial charge in [0.1, 0.15) is 6.61 Å². The summed E-state index contributed by atoms with van der Waals surface area (Å²) in [4.78, 5) is 2.08. The second-order valence-corrected chi connectivity index (χ2v) is 3.67. The van der Waals surface area contributed by atoms with Crippen molar-refractivity contribution in [2.75, 3.05) is 34.3 Å². The van der Waals surface area contributed by atoms with Crippen molar-refractivity contribution >= 4 is 0 Å². The predicted molar refractivity (Wildman–Crippen MR) is 57.5 cm³/mol. The first-order chi connectivity index (χ1) is 7.22. The lowest BCUT2D eigenvalue weighted by Crippen LogP contribution is -2.17. The number of nitrogens with zero attached hydrogens (tertiary/aromatic N) is 2. The Bertz CT molecular complexity index is 273. The van der Waals surface area contributed by atoms with Crippen molar-refractivity contribution in [3.63, 3.8) is 0 Å². The van der Waals surface area contributed by atoms with Gasteiger partial charge in [-0.05, 0) is 21.1 Å². The summed E-state index contributed by atoms with van der Waals surface area (Å²) in [6.45, 7) is 2.83. The molecule has 0 amide bonds. The van der Waals surface area contributed by atoms with Gasteiger partial charge in [-0.2, -0.15) is 0 Å². The van der Waals surface area contributed by atoms with Crippen molar-refractivity contribution in [1.29, 1.82) is 0 Å².